The summed E-state index contributed by atoms with van der Waals surface area (Å²) in [6.45, 7) is 4.41. The molecule has 1 amide bonds. The molecule has 0 aliphatic carbocycles. The van der Waals surface area contributed by atoms with Crippen LogP contribution in [-0.2, 0) is 0 Å². The monoisotopic (exact) mass is 222 g/mol. The summed E-state index contributed by atoms with van der Waals surface area (Å²) in [5.41, 5.74) is 12.3. The van der Waals surface area contributed by atoms with E-state index in [1.807, 2.05) is 13.8 Å². The molecule has 0 saturated heterocycles. The number of anilines is 1. The summed E-state index contributed by atoms with van der Waals surface area (Å²) >= 11 is 0. The normalized spacial score (nSPS) is 12.2. The molecule has 1 rings (SSSR count). The average molecular weight is 222 g/mol. The largest absolute Gasteiger partial charge is 0.368 e. The predicted molar refractivity (Wildman–Crippen MR) is 64.2 cm³/mol. The third-order valence-corrected chi connectivity index (χ3v) is 2.46. The Morgan fingerprint density at radius 1 is 1.62 bits per heavy atom. The third-order valence-electron chi connectivity index (χ3n) is 2.46. The highest BCUT2D eigenvalue weighted by atomic mass is 16.1. The number of aromatic nitrogens is 1. The van der Waals surface area contributed by atoms with Crippen molar-refractivity contribution in [2.75, 3.05) is 11.9 Å². The second-order valence-corrected chi connectivity index (χ2v) is 3.76. The van der Waals surface area contributed by atoms with Crippen LogP contribution in [0.4, 0.5) is 5.82 Å². The molecule has 1 atom stereocenters. The number of hydrogen-bond donors (Lipinski definition) is 3. The minimum Gasteiger partial charge on any atom is -0.368 e. The molecule has 88 valence electrons. The maximum absolute atomic E-state index is 11.3. The molecule has 1 heterocycles. The molecule has 5 nitrogen and oxygen atoms in total. The molecule has 0 fully saturated rings. The van der Waals surface area contributed by atoms with Crippen molar-refractivity contribution < 1.29 is 4.79 Å². The van der Waals surface area contributed by atoms with Gasteiger partial charge in [0.2, 0.25) is 0 Å². The van der Waals surface area contributed by atoms with E-state index >= 15 is 0 Å². The molecular formula is C11H18N4O. The van der Waals surface area contributed by atoms with Crippen LogP contribution >= 0.6 is 0 Å². The zero-order valence-electron chi connectivity index (χ0n) is 9.66. The summed E-state index contributed by atoms with van der Waals surface area (Å²) in [5.74, 6) is 0.0366. The van der Waals surface area contributed by atoms with Gasteiger partial charge in [0.25, 0.3) is 5.91 Å². The highest BCUT2D eigenvalue weighted by Crippen LogP contribution is 2.15. The molecule has 0 saturated carbocycles. The molecule has 0 aliphatic heterocycles. The number of hydrogen-bond acceptors (Lipinski definition) is 4. The molecule has 1 unspecified atom stereocenters. The van der Waals surface area contributed by atoms with Crippen molar-refractivity contribution in [2.24, 2.45) is 11.5 Å². The van der Waals surface area contributed by atoms with Crippen molar-refractivity contribution in [3.05, 3.63) is 23.4 Å². The molecular weight excluding hydrogens is 204 g/mol. The quantitative estimate of drug-likeness (QED) is 0.681. The zero-order valence-corrected chi connectivity index (χ0v) is 9.66. The van der Waals surface area contributed by atoms with Crippen molar-refractivity contribution in [3.8, 4) is 0 Å². The molecule has 5 heteroatoms. The SMILES string of the molecule is CCC(N)CNc1nccc(C)c1C(N)=O. The van der Waals surface area contributed by atoms with Gasteiger partial charge in [-0.2, -0.15) is 0 Å². The Bertz CT molecular complexity index is 378. The third kappa shape index (κ3) is 2.93. The number of nitrogens with one attached hydrogen (secondary N) is 1. The van der Waals surface area contributed by atoms with E-state index in [-0.39, 0.29) is 6.04 Å². The van der Waals surface area contributed by atoms with Crippen LogP contribution in [0.25, 0.3) is 0 Å². The van der Waals surface area contributed by atoms with Gasteiger partial charge < -0.3 is 16.8 Å². The first kappa shape index (κ1) is 12.4. The Morgan fingerprint density at radius 3 is 2.88 bits per heavy atom. The van der Waals surface area contributed by atoms with Gasteiger partial charge in [-0.15, -0.1) is 0 Å². The molecule has 5 N–H and O–H groups in total. The maximum Gasteiger partial charge on any atom is 0.252 e. The van der Waals surface area contributed by atoms with Crippen molar-refractivity contribution in [3.63, 3.8) is 0 Å². The maximum atomic E-state index is 11.3. The Hall–Kier alpha value is -1.62. The lowest BCUT2D eigenvalue weighted by atomic mass is 10.1. The van der Waals surface area contributed by atoms with Crippen LogP contribution in [0.2, 0.25) is 0 Å². The minimum absolute atomic E-state index is 0.0445. The van der Waals surface area contributed by atoms with E-state index in [9.17, 15) is 4.79 Å². The highest BCUT2D eigenvalue weighted by Gasteiger charge is 2.12. The number of nitrogens with zero attached hydrogens (tertiary/aromatic N) is 1. The molecule has 16 heavy (non-hydrogen) atoms. The van der Waals surface area contributed by atoms with E-state index < -0.39 is 5.91 Å². The van der Waals surface area contributed by atoms with Gasteiger partial charge in [0.15, 0.2) is 0 Å². The fraction of sp³-hybridized carbons (Fsp3) is 0.455. The Labute approximate surface area is 95.2 Å². The van der Waals surface area contributed by atoms with Gasteiger partial charge >= 0.3 is 0 Å². The van der Waals surface area contributed by atoms with E-state index in [1.165, 1.54) is 0 Å². The predicted octanol–water partition coefficient (Wildman–Crippen LogP) is 0.638. The van der Waals surface area contributed by atoms with Crippen LogP contribution in [0.15, 0.2) is 12.3 Å². The molecule has 1 aromatic rings. The van der Waals surface area contributed by atoms with Crippen molar-refractivity contribution in [1.82, 2.24) is 4.98 Å². The molecule has 0 spiro atoms. The lowest BCUT2D eigenvalue weighted by Crippen LogP contribution is -2.29. The first-order chi connectivity index (χ1) is 7.56. The fourth-order valence-corrected chi connectivity index (χ4v) is 1.38. The number of aryl methyl sites for hydroxylation is 1. The number of nitrogens with two attached hydrogens (primary N) is 2. The van der Waals surface area contributed by atoms with Crippen LogP contribution in [0.5, 0.6) is 0 Å². The zero-order chi connectivity index (χ0) is 12.1. The lowest BCUT2D eigenvalue weighted by Gasteiger charge is -2.13. The van der Waals surface area contributed by atoms with Crippen LogP contribution in [0.1, 0.15) is 29.3 Å². The summed E-state index contributed by atoms with van der Waals surface area (Å²) in [6.07, 6.45) is 2.51. The molecule has 0 bridgehead atoms. The first-order valence-electron chi connectivity index (χ1n) is 5.31. The number of pyridine rings is 1. The number of primary amides is 1. The van der Waals surface area contributed by atoms with Crippen molar-refractivity contribution in [2.45, 2.75) is 26.3 Å². The Balaban J connectivity index is 2.87. The first-order valence-corrected chi connectivity index (χ1v) is 5.31. The second-order valence-electron chi connectivity index (χ2n) is 3.76. The van der Waals surface area contributed by atoms with Crippen LogP contribution in [-0.4, -0.2) is 23.5 Å². The van der Waals surface area contributed by atoms with Gasteiger partial charge in [-0.1, -0.05) is 6.92 Å². The van der Waals surface area contributed by atoms with E-state index in [0.29, 0.717) is 17.9 Å². The number of carbonyl (C=O) groups excluding carboxylic acids is 1. The summed E-state index contributed by atoms with van der Waals surface area (Å²) in [7, 11) is 0. The Morgan fingerprint density at radius 2 is 2.31 bits per heavy atom. The summed E-state index contributed by atoms with van der Waals surface area (Å²) < 4.78 is 0. The molecule has 0 aliphatic rings. The van der Waals surface area contributed by atoms with Crippen molar-refractivity contribution >= 4 is 11.7 Å². The standard InChI is InChI=1S/C11H18N4O/c1-3-8(12)6-15-11-9(10(13)16)7(2)4-5-14-11/h4-5,8H,3,6,12H2,1-2H3,(H2,13,16)(H,14,15). The summed E-state index contributed by atoms with van der Waals surface area (Å²) in [6, 6.07) is 1.80. The van der Waals surface area contributed by atoms with E-state index in [0.717, 1.165) is 12.0 Å². The van der Waals surface area contributed by atoms with Crippen LogP contribution in [0.3, 0.4) is 0 Å². The second kappa shape index (κ2) is 5.46. The van der Waals surface area contributed by atoms with Gasteiger partial charge in [-0.25, -0.2) is 4.98 Å². The molecule has 0 aromatic carbocycles. The Kier molecular flexibility index (Phi) is 4.25. The van der Waals surface area contributed by atoms with Gasteiger partial charge in [-0.05, 0) is 25.0 Å². The smallest absolute Gasteiger partial charge is 0.252 e. The van der Waals surface area contributed by atoms with Crippen LogP contribution in [0, 0.1) is 6.92 Å². The average Bonchev–Trinajstić information content (AvgIpc) is 2.25. The summed E-state index contributed by atoms with van der Waals surface area (Å²) in [5, 5.41) is 3.05. The minimum atomic E-state index is -0.474. The van der Waals surface area contributed by atoms with E-state index in [4.69, 9.17) is 11.5 Å². The van der Waals surface area contributed by atoms with Gasteiger partial charge in [0.1, 0.15) is 5.82 Å². The number of carbonyl (C=O) groups is 1. The van der Waals surface area contributed by atoms with E-state index in [2.05, 4.69) is 10.3 Å². The van der Waals surface area contributed by atoms with Gasteiger partial charge in [-0.3, -0.25) is 4.79 Å². The van der Waals surface area contributed by atoms with Gasteiger partial charge in [0, 0.05) is 18.8 Å². The summed E-state index contributed by atoms with van der Waals surface area (Å²) in [4.78, 5) is 15.4. The molecule has 0 radical (unpaired) electrons. The fourth-order valence-electron chi connectivity index (χ4n) is 1.38. The highest BCUT2D eigenvalue weighted by molar-refractivity contribution is 5.98. The number of amides is 1. The lowest BCUT2D eigenvalue weighted by molar-refractivity contribution is 0.1000. The molecule has 1 aromatic heterocycles. The van der Waals surface area contributed by atoms with Crippen molar-refractivity contribution in [1.29, 1.82) is 0 Å². The van der Waals surface area contributed by atoms with Gasteiger partial charge in [0.05, 0.1) is 5.56 Å². The topological polar surface area (TPSA) is 94.0 Å². The van der Waals surface area contributed by atoms with Crippen LogP contribution < -0.4 is 16.8 Å². The van der Waals surface area contributed by atoms with E-state index in [1.54, 1.807) is 12.3 Å². The number of rotatable bonds is 5.